The van der Waals surface area contributed by atoms with E-state index in [-0.39, 0.29) is 30.5 Å². The minimum atomic E-state index is -4.54. The number of phenolic OH excluding ortho intramolecular Hbond substituents is 1. The van der Waals surface area contributed by atoms with Crippen LogP contribution in [0.25, 0.3) is 0 Å². The molecule has 0 aromatic heterocycles. The molecule has 0 aliphatic carbocycles. The van der Waals surface area contributed by atoms with Gasteiger partial charge >= 0.3 is 6.18 Å². The second-order valence-electron chi connectivity index (χ2n) is 6.72. The van der Waals surface area contributed by atoms with E-state index in [0.29, 0.717) is 6.07 Å². The standard InChI is InChI=1S/C16H21F3N4O2/c1-9-6-15(25,7-12(20-9)13-8-23(2)22-21-13)11-4-3-10(5-14(11)24)16(17,18)19/h3-5,8-9,12,20-22,24-25H,6-7H2,1-2H3/t9-,12-,15-/m0/s1. The molecule has 0 radical (unpaired) electrons. The monoisotopic (exact) mass is 358 g/mol. The molecule has 0 amide bonds. The molecule has 1 saturated heterocycles. The molecule has 1 fully saturated rings. The van der Waals surface area contributed by atoms with E-state index in [4.69, 9.17) is 0 Å². The van der Waals surface area contributed by atoms with Crippen LogP contribution < -0.4 is 16.3 Å². The van der Waals surface area contributed by atoms with Crippen LogP contribution >= 0.6 is 0 Å². The van der Waals surface area contributed by atoms with Gasteiger partial charge in [-0.1, -0.05) is 6.07 Å². The van der Waals surface area contributed by atoms with Gasteiger partial charge in [-0.05, 0) is 25.5 Å². The quantitative estimate of drug-likeness (QED) is 0.552. The summed E-state index contributed by atoms with van der Waals surface area (Å²) in [5.74, 6) is -0.547. The maximum absolute atomic E-state index is 12.8. The van der Waals surface area contributed by atoms with Gasteiger partial charge in [0.2, 0.25) is 0 Å². The SMILES string of the molecule is C[C@H]1C[C@@](O)(c2ccc(C(F)(F)F)cc2O)C[C@@H](C2=CN(C)NN2)N1. The Kier molecular flexibility index (Phi) is 4.34. The number of hydrogen-bond acceptors (Lipinski definition) is 6. The van der Waals surface area contributed by atoms with E-state index in [1.54, 1.807) is 12.1 Å². The summed E-state index contributed by atoms with van der Waals surface area (Å²) in [6, 6.07) is 2.37. The Labute approximate surface area is 143 Å². The summed E-state index contributed by atoms with van der Waals surface area (Å²) in [5, 5.41) is 26.3. The topological polar surface area (TPSA) is 79.8 Å². The molecule has 5 N–H and O–H groups in total. The summed E-state index contributed by atoms with van der Waals surface area (Å²) in [6.07, 6.45) is -2.23. The summed E-state index contributed by atoms with van der Waals surface area (Å²) in [7, 11) is 1.81. The average Bonchev–Trinajstić information content (AvgIpc) is 2.91. The first-order chi connectivity index (χ1) is 11.6. The van der Waals surface area contributed by atoms with Crippen molar-refractivity contribution < 1.29 is 23.4 Å². The molecule has 138 valence electrons. The minimum Gasteiger partial charge on any atom is -0.508 e. The van der Waals surface area contributed by atoms with Crippen LogP contribution in [0, 0.1) is 0 Å². The number of phenols is 1. The molecule has 0 saturated carbocycles. The van der Waals surface area contributed by atoms with Gasteiger partial charge in [0.1, 0.15) is 5.75 Å². The molecule has 2 heterocycles. The van der Waals surface area contributed by atoms with Crippen molar-refractivity contribution in [2.45, 2.75) is 43.6 Å². The van der Waals surface area contributed by atoms with Gasteiger partial charge < -0.3 is 21.0 Å². The lowest BCUT2D eigenvalue weighted by Crippen LogP contribution is -2.53. The second kappa shape index (κ2) is 6.08. The van der Waals surface area contributed by atoms with Crippen molar-refractivity contribution in [3.63, 3.8) is 0 Å². The highest BCUT2D eigenvalue weighted by molar-refractivity contribution is 5.42. The molecule has 6 nitrogen and oxygen atoms in total. The van der Waals surface area contributed by atoms with Crippen molar-refractivity contribution in [1.29, 1.82) is 0 Å². The Hall–Kier alpha value is -1.97. The Morgan fingerprint density at radius 3 is 2.56 bits per heavy atom. The number of aliphatic hydroxyl groups is 1. The number of nitrogens with zero attached hydrogens (tertiary/aromatic N) is 1. The zero-order chi connectivity index (χ0) is 18.4. The maximum Gasteiger partial charge on any atom is 0.416 e. The number of halogens is 3. The van der Waals surface area contributed by atoms with Gasteiger partial charge in [-0.2, -0.15) is 13.2 Å². The first kappa shape index (κ1) is 17.8. The zero-order valence-corrected chi connectivity index (χ0v) is 13.9. The highest BCUT2D eigenvalue weighted by Gasteiger charge is 2.43. The van der Waals surface area contributed by atoms with E-state index in [1.165, 1.54) is 0 Å². The number of hydrazine groups is 2. The van der Waals surface area contributed by atoms with Crippen LogP contribution in [0.1, 0.15) is 30.9 Å². The van der Waals surface area contributed by atoms with Crippen LogP contribution in [0.15, 0.2) is 30.1 Å². The predicted octanol–water partition coefficient (Wildman–Crippen LogP) is 1.54. The van der Waals surface area contributed by atoms with Crippen LogP contribution in [0.4, 0.5) is 13.2 Å². The highest BCUT2D eigenvalue weighted by atomic mass is 19.4. The van der Waals surface area contributed by atoms with E-state index >= 15 is 0 Å². The number of benzene rings is 1. The molecule has 1 aromatic rings. The number of aromatic hydroxyl groups is 1. The summed E-state index contributed by atoms with van der Waals surface area (Å²) in [6.45, 7) is 1.88. The van der Waals surface area contributed by atoms with Crippen molar-refractivity contribution in [2.24, 2.45) is 0 Å². The fourth-order valence-corrected chi connectivity index (χ4v) is 3.51. The Bertz CT molecular complexity index is 694. The third kappa shape index (κ3) is 3.53. The number of alkyl halides is 3. The first-order valence-corrected chi connectivity index (χ1v) is 7.94. The van der Waals surface area contributed by atoms with Crippen molar-refractivity contribution in [3.8, 4) is 5.75 Å². The Morgan fingerprint density at radius 2 is 2.00 bits per heavy atom. The lowest BCUT2D eigenvalue weighted by Gasteiger charge is -2.41. The van der Waals surface area contributed by atoms with Crippen LogP contribution in [0.3, 0.4) is 0 Å². The molecule has 3 atom stereocenters. The lowest BCUT2D eigenvalue weighted by molar-refractivity contribution is -0.137. The molecule has 25 heavy (non-hydrogen) atoms. The minimum absolute atomic E-state index is 0.0981. The lowest BCUT2D eigenvalue weighted by atomic mass is 9.77. The number of rotatable bonds is 2. The summed E-state index contributed by atoms with van der Waals surface area (Å²) >= 11 is 0. The van der Waals surface area contributed by atoms with Gasteiger partial charge in [0.15, 0.2) is 0 Å². The Morgan fingerprint density at radius 1 is 1.28 bits per heavy atom. The zero-order valence-electron chi connectivity index (χ0n) is 13.9. The molecule has 9 heteroatoms. The maximum atomic E-state index is 12.8. The van der Waals surface area contributed by atoms with Gasteiger partial charge in [0.25, 0.3) is 0 Å². The van der Waals surface area contributed by atoms with Crippen LogP contribution in [0.5, 0.6) is 5.75 Å². The molecule has 2 aliphatic rings. The van der Waals surface area contributed by atoms with E-state index in [2.05, 4.69) is 16.3 Å². The fraction of sp³-hybridized carbons (Fsp3) is 0.500. The summed E-state index contributed by atoms with van der Waals surface area (Å²) in [4.78, 5) is 0. The number of nitrogens with one attached hydrogen (secondary N) is 3. The van der Waals surface area contributed by atoms with Crippen molar-refractivity contribution in [2.75, 3.05) is 7.05 Å². The molecular formula is C16H21F3N4O2. The molecule has 2 aliphatic heterocycles. The van der Waals surface area contributed by atoms with E-state index in [1.807, 2.05) is 13.1 Å². The number of hydrogen-bond donors (Lipinski definition) is 5. The molecule has 0 unspecified atom stereocenters. The van der Waals surface area contributed by atoms with Crippen LogP contribution in [-0.4, -0.2) is 34.4 Å². The molecule has 1 aromatic carbocycles. The molecule has 0 spiro atoms. The summed E-state index contributed by atoms with van der Waals surface area (Å²) < 4.78 is 38.4. The number of piperidine rings is 1. The molecule has 0 bridgehead atoms. The highest BCUT2D eigenvalue weighted by Crippen LogP contribution is 2.42. The third-order valence-electron chi connectivity index (χ3n) is 4.58. The Balaban J connectivity index is 1.91. The third-order valence-corrected chi connectivity index (χ3v) is 4.58. The average molecular weight is 358 g/mol. The molecular weight excluding hydrogens is 337 g/mol. The van der Waals surface area contributed by atoms with Crippen molar-refractivity contribution >= 4 is 0 Å². The van der Waals surface area contributed by atoms with Gasteiger partial charge in [-0.25, -0.2) is 0 Å². The van der Waals surface area contributed by atoms with E-state index < -0.39 is 23.1 Å². The van der Waals surface area contributed by atoms with Gasteiger partial charge in [0, 0.05) is 31.3 Å². The van der Waals surface area contributed by atoms with Gasteiger partial charge in [0.05, 0.1) is 22.9 Å². The van der Waals surface area contributed by atoms with E-state index in [9.17, 15) is 23.4 Å². The summed E-state index contributed by atoms with van der Waals surface area (Å²) in [5.41, 5.74) is 4.40. The fourth-order valence-electron chi connectivity index (χ4n) is 3.51. The second-order valence-corrected chi connectivity index (χ2v) is 6.72. The largest absolute Gasteiger partial charge is 0.508 e. The smallest absolute Gasteiger partial charge is 0.416 e. The normalized spacial score (nSPS) is 30.2. The molecule has 3 rings (SSSR count). The van der Waals surface area contributed by atoms with Gasteiger partial charge in [-0.3, -0.25) is 5.01 Å². The van der Waals surface area contributed by atoms with Crippen molar-refractivity contribution in [1.82, 2.24) is 21.3 Å². The van der Waals surface area contributed by atoms with E-state index in [0.717, 1.165) is 17.8 Å². The van der Waals surface area contributed by atoms with Gasteiger partial charge in [-0.15, -0.1) is 5.53 Å². The van der Waals surface area contributed by atoms with Crippen molar-refractivity contribution in [3.05, 3.63) is 41.2 Å². The van der Waals surface area contributed by atoms with Crippen LogP contribution in [-0.2, 0) is 11.8 Å². The van der Waals surface area contributed by atoms with Crippen LogP contribution in [0.2, 0.25) is 0 Å². The first-order valence-electron chi connectivity index (χ1n) is 7.94. The predicted molar refractivity (Wildman–Crippen MR) is 84.7 cm³/mol.